The molecule has 0 radical (unpaired) electrons. The van der Waals surface area contributed by atoms with Crippen molar-refractivity contribution in [2.45, 2.75) is 64.6 Å². The van der Waals surface area contributed by atoms with E-state index in [9.17, 15) is 4.79 Å². The first-order valence-corrected chi connectivity index (χ1v) is 6.63. The van der Waals surface area contributed by atoms with Gasteiger partial charge in [-0.2, -0.15) is 0 Å². The molecule has 98 valence electrons. The van der Waals surface area contributed by atoms with Crippen LogP contribution < -0.4 is 0 Å². The lowest BCUT2D eigenvalue weighted by molar-refractivity contribution is -0.156. The lowest BCUT2D eigenvalue weighted by Gasteiger charge is -2.31. The van der Waals surface area contributed by atoms with Gasteiger partial charge in [0.2, 0.25) is 0 Å². The van der Waals surface area contributed by atoms with Crippen molar-refractivity contribution in [3.63, 3.8) is 0 Å². The minimum Gasteiger partial charge on any atom is -0.456 e. The summed E-state index contributed by atoms with van der Waals surface area (Å²) in [7, 11) is 0. The SMILES string of the molecule is C=C(C)C(=O)OC1CCCCC1OCCCC. The minimum absolute atomic E-state index is 0.0789. The monoisotopic (exact) mass is 240 g/mol. The average molecular weight is 240 g/mol. The first kappa shape index (κ1) is 14.2. The van der Waals surface area contributed by atoms with E-state index in [0.717, 1.165) is 45.1 Å². The third-order valence-electron chi connectivity index (χ3n) is 3.08. The molecule has 0 saturated heterocycles. The van der Waals surface area contributed by atoms with Crippen LogP contribution in [0.15, 0.2) is 12.2 Å². The summed E-state index contributed by atoms with van der Waals surface area (Å²) in [5, 5.41) is 0. The summed E-state index contributed by atoms with van der Waals surface area (Å²) < 4.78 is 11.2. The van der Waals surface area contributed by atoms with Crippen LogP contribution in [0.3, 0.4) is 0 Å². The van der Waals surface area contributed by atoms with Gasteiger partial charge in [0.25, 0.3) is 0 Å². The molecule has 2 unspecified atom stereocenters. The Balaban J connectivity index is 2.42. The Morgan fingerprint density at radius 1 is 1.29 bits per heavy atom. The van der Waals surface area contributed by atoms with Gasteiger partial charge in [-0.15, -0.1) is 0 Å². The van der Waals surface area contributed by atoms with Gasteiger partial charge in [0.05, 0.1) is 6.10 Å². The second-order valence-electron chi connectivity index (χ2n) is 4.77. The summed E-state index contributed by atoms with van der Waals surface area (Å²) in [5.74, 6) is -0.291. The fourth-order valence-electron chi connectivity index (χ4n) is 2.01. The van der Waals surface area contributed by atoms with Crippen LogP contribution in [-0.4, -0.2) is 24.8 Å². The van der Waals surface area contributed by atoms with Crippen LogP contribution in [0.4, 0.5) is 0 Å². The summed E-state index contributed by atoms with van der Waals surface area (Å²) in [6.07, 6.45) is 6.39. The van der Waals surface area contributed by atoms with Crippen molar-refractivity contribution < 1.29 is 14.3 Å². The van der Waals surface area contributed by atoms with Crippen LogP contribution in [0, 0.1) is 0 Å². The van der Waals surface area contributed by atoms with E-state index in [2.05, 4.69) is 13.5 Å². The Morgan fingerprint density at radius 3 is 2.53 bits per heavy atom. The Morgan fingerprint density at radius 2 is 1.94 bits per heavy atom. The minimum atomic E-state index is -0.291. The highest BCUT2D eigenvalue weighted by Crippen LogP contribution is 2.24. The first-order chi connectivity index (χ1) is 8.15. The number of unbranched alkanes of at least 4 members (excludes halogenated alkanes) is 1. The van der Waals surface area contributed by atoms with Crippen molar-refractivity contribution in [2.75, 3.05) is 6.61 Å². The molecule has 1 fully saturated rings. The zero-order chi connectivity index (χ0) is 12.7. The number of carbonyl (C=O) groups is 1. The quantitative estimate of drug-likeness (QED) is 0.406. The molecule has 3 nitrogen and oxygen atoms in total. The van der Waals surface area contributed by atoms with Gasteiger partial charge in [-0.25, -0.2) is 4.79 Å². The lowest BCUT2D eigenvalue weighted by Crippen LogP contribution is -2.36. The highest BCUT2D eigenvalue weighted by molar-refractivity contribution is 5.87. The molecule has 0 heterocycles. The van der Waals surface area contributed by atoms with Crippen LogP contribution in [0.25, 0.3) is 0 Å². The van der Waals surface area contributed by atoms with E-state index in [0.29, 0.717) is 5.57 Å². The summed E-state index contributed by atoms with van der Waals surface area (Å²) in [6, 6.07) is 0. The van der Waals surface area contributed by atoms with Crippen molar-refractivity contribution in [1.29, 1.82) is 0 Å². The molecule has 1 rings (SSSR count). The number of esters is 1. The van der Waals surface area contributed by atoms with Gasteiger partial charge in [0, 0.05) is 12.2 Å². The van der Waals surface area contributed by atoms with E-state index in [1.807, 2.05) is 0 Å². The molecule has 0 bridgehead atoms. The normalized spacial score (nSPS) is 24.4. The number of carbonyl (C=O) groups excluding carboxylic acids is 1. The fourth-order valence-corrected chi connectivity index (χ4v) is 2.01. The zero-order valence-electron chi connectivity index (χ0n) is 11.0. The van der Waals surface area contributed by atoms with Crippen molar-refractivity contribution in [2.24, 2.45) is 0 Å². The predicted octanol–water partition coefficient (Wildman–Crippen LogP) is 3.23. The standard InChI is InChI=1S/C14H24O3/c1-4-5-10-16-12-8-6-7-9-13(12)17-14(15)11(2)3/h12-13H,2,4-10H2,1,3H3. The number of rotatable bonds is 6. The summed E-state index contributed by atoms with van der Waals surface area (Å²) >= 11 is 0. The molecule has 0 aromatic heterocycles. The van der Waals surface area contributed by atoms with E-state index in [1.165, 1.54) is 0 Å². The number of hydrogen-bond acceptors (Lipinski definition) is 3. The molecule has 0 amide bonds. The largest absolute Gasteiger partial charge is 0.456 e. The molecule has 17 heavy (non-hydrogen) atoms. The molecular formula is C14H24O3. The Hall–Kier alpha value is -0.830. The molecule has 0 aromatic rings. The van der Waals surface area contributed by atoms with Crippen molar-refractivity contribution in [1.82, 2.24) is 0 Å². The average Bonchev–Trinajstić information content (AvgIpc) is 2.31. The Kier molecular flexibility index (Phi) is 6.27. The number of hydrogen-bond donors (Lipinski definition) is 0. The van der Waals surface area contributed by atoms with Gasteiger partial charge < -0.3 is 9.47 Å². The van der Waals surface area contributed by atoms with Crippen molar-refractivity contribution in [3.05, 3.63) is 12.2 Å². The lowest BCUT2D eigenvalue weighted by atomic mass is 9.94. The van der Waals surface area contributed by atoms with Gasteiger partial charge in [-0.1, -0.05) is 26.3 Å². The van der Waals surface area contributed by atoms with Crippen molar-refractivity contribution in [3.8, 4) is 0 Å². The maximum Gasteiger partial charge on any atom is 0.333 e. The molecular weight excluding hydrogens is 216 g/mol. The molecule has 2 atom stereocenters. The van der Waals surface area contributed by atoms with E-state index in [1.54, 1.807) is 6.92 Å². The molecule has 3 heteroatoms. The molecule has 0 aromatic carbocycles. The van der Waals surface area contributed by atoms with Crippen LogP contribution in [-0.2, 0) is 14.3 Å². The molecule has 1 aliphatic carbocycles. The Bertz CT molecular complexity index is 260. The molecule has 1 aliphatic rings. The topological polar surface area (TPSA) is 35.5 Å². The van der Waals surface area contributed by atoms with Crippen LogP contribution >= 0.6 is 0 Å². The summed E-state index contributed by atoms with van der Waals surface area (Å²) in [6.45, 7) is 8.19. The van der Waals surface area contributed by atoms with E-state index in [4.69, 9.17) is 9.47 Å². The van der Waals surface area contributed by atoms with E-state index < -0.39 is 0 Å². The molecule has 0 aliphatic heterocycles. The van der Waals surface area contributed by atoms with Gasteiger partial charge in [0.15, 0.2) is 0 Å². The highest BCUT2D eigenvalue weighted by Gasteiger charge is 2.28. The van der Waals surface area contributed by atoms with Crippen LogP contribution in [0.1, 0.15) is 52.4 Å². The fraction of sp³-hybridized carbons (Fsp3) is 0.786. The predicted molar refractivity (Wildman–Crippen MR) is 67.8 cm³/mol. The van der Waals surface area contributed by atoms with Crippen molar-refractivity contribution >= 4 is 5.97 Å². The van der Waals surface area contributed by atoms with E-state index in [-0.39, 0.29) is 18.2 Å². The van der Waals surface area contributed by atoms with Gasteiger partial charge in [-0.05, 0) is 32.6 Å². The maximum absolute atomic E-state index is 11.5. The van der Waals surface area contributed by atoms with Gasteiger partial charge in [-0.3, -0.25) is 0 Å². The second-order valence-corrected chi connectivity index (χ2v) is 4.77. The third kappa shape index (κ3) is 4.90. The first-order valence-electron chi connectivity index (χ1n) is 6.63. The Labute approximate surface area is 104 Å². The van der Waals surface area contributed by atoms with Crippen LogP contribution in [0.5, 0.6) is 0 Å². The third-order valence-corrected chi connectivity index (χ3v) is 3.08. The molecule has 0 N–H and O–H groups in total. The molecule has 1 saturated carbocycles. The zero-order valence-corrected chi connectivity index (χ0v) is 11.0. The highest BCUT2D eigenvalue weighted by atomic mass is 16.6. The van der Waals surface area contributed by atoms with Gasteiger partial charge >= 0.3 is 5.97 Å². The molecule has 0 spiro atoms. The summed E-state index contributed by atoms with van der Waals surface area (Å²) in [4.78, 5) is 11.5. The van der Waals surface area contributed by atoms with E-state index >= 15 is 0 Å². The number of ether oxygens (including phenoxy) is 2. The maximum atomic E-state index is 11.5. The second kappa shape index (κ2) is 7.49. The van der Waals surface area contributed by atoms with Crippen LogP contribution in [0.2, 0.25) is 0 Å². The smallest absolute Gasteiger partial charge is 0.333 e. The van der Waals surface area contributed by atoms with Gasteiger partial charge in [0.1, 0.15) is 6.10 Å². The summed E-state index contributed by atoms with van der Waals surface area (Å²) in [5.41, 5.74) is 0.461.